The summed E-state index contributed by atoms with van der Waals surface area (Å²) in [5.41, 5.74) is 0. The SMILES string of the molecule is COc1nccnc1OC1CCCN(C(=O)NC2CCCCCC2)C1. The zero-order valence-electron chi connectivity index (χ0n) is 14.9. The first-order valence-corrected chi connectivity index (χ1v) is 9.33. The van der Waals surface area contributed by atoms with Crippen molar-refractivity contribution >= 4 is 6.03 Å². The summed E-state index contributed by atoms with van der Waals surface area (Å²) in [6, 6.07) is 0.350. The fourth-order valence-electron chi connectivity index (χ4n) is 3.60. The van der Waals surface area contributed by atoms with E-state index >= 15 is 0 Å². The van der Waals surface area contributed by atoms with Crippen LogP contribution in [0.5, 0.6) is 11.8 Å². The van der Waals surface area contributed by atoms with E-state index < -0.39 is 0 Å². The predicted molar refractivity (Wildman–Crippen MR) is 93.8 cm³/mol. The van der Waals surface area contributed by atoms with Crippen molar-refractivity contribution in [3.63, 3.8) is 0 Å². The van der Waals surface area contributed by atoms with Crippen LogP contribution in [0.15, 0.2) is 12.4 Å². The van der Waals surface area contributed by atoms with Crippen molar-refractivity contribution in [2.75, 3.05) is 20.2 Å². The summed E-state index contributed by atoms with van der Waals surface area (Å²) in [5, 5.41) is 3.21. The van der Waals surface area contributed by atoms with E-state index in [9.17, 15) is 4.79 Å². The highest BCUT2D eigenvalue weighted by Crippen LogP contribution is 2.24. The number of hydrogen-bond acceptors (Lipinski definition) is 5. The fraction of sp³-hybridized carbons (Fsp3) is 0.722. The number of rotatable bonds is 4. The average molecular weight is 348 g/mol. The first kappa shape index (κ1) is 17.8. The summed E-state index contributed by atoms with van der Waals surface area (Å²) in [5.74, 6) is 0.767. The van der Waals surface area contributed by atoms with Crippen LogP contribution in [-0.4, -0.2) is 53.2 Å². The number of hydrogen-bond donors (Lipinski definition) is 1. The summed E-state index contributed by atoms with van der Waals surface area (Å²) < 4.78 is 11.1. The van der Waals surface area contributed by atoms with Gasteiger partial charge >= 0.3 is 6.03 Å². The number of nitrogens with zero attached hydrogens (tertiary/aromatic N) is 3. The topological polar surface area (TPSA) is 76.6 Å². The molecule has 3 rings (SSSR count). The largest absolute Gasteiger partial charge is 0.477 e. The van der Waals surface area contributed by atoms with Gasteiger partial charge in [0.05, 0.1) is 13.7 Å². The smallest absolute Gasteiger partial charge is 0.317 e. The number of methoxy groups -OCH3 is 1. The summed E-state index contributed by atoms with van der Waals surface area (Å²) in [6.07, 6.45) is 12.1. The normalized spacial score (nSPS) is 22.1. The Labute approximate surface area is 149 Å². The second-order valence-corrected chi connectivity index (χ2v) is 6.84. The number of ether oxygens (including phenoxy) is 2. The molecule has 1 N–H and O–H groups in total. The van der Waals surface area contributed by atoms with Gasteiger partial charge in [0.1, 0.15) is 6.10 Å². The van der Waals surface area contributed by atoms with Crippen molar-refractivity contribution in [2.24, 2.45) is 0 Å². The molecule has 0 radical (unpaired) electrons. The lowest BCUT2D eigenvalue weighted by molar-refractivity contribution is 0.0931. The monoisotopic (exact) mass is 348 g/mol. The summed E-state index contributed by atoms with van der Waals surface area (Å²) in [6.45, 7) is 1.34. The van der Waals surface area contributed by atoms with Crippen LogP contribution in [0.3, 0.4) is 0 Å². The molecular formula is C18H28N4O3. The first-order chi connectivity index (χ1) is 12.3. The van der Waals surface area contributed by atoms with Gasteiger partial charge in [-0.25, -0.2) is 14.8 Å². The zero-order valence-corrected chi connectivity index (χ0v) is 14.9. The molecule has 7 heteroatoms. The first-order valence-electron chi connectivity index (χ1n) is 9.33. The number of aromatic nitrogens is 2. The van der Waals surface area contributed by atoms with Gasteiger partial charge in [-0.05, 0) is 25.7 Å². The molecule has 7 nitrogen and oxygen atoms in total. The van der Waals surface area contributed by atoms with Crippen molar-refractivity contribution in [2.45, 2.75) is 63.5 Å². The Hall–Kier alpha value is -2.05. The van der Waals surface area contributed by atoms with E-state index in [1.165, 1.54) is 25.7 Å². The highest BCUT2D eigenvalue weighted by atomic mass is 16.5. The van der Waals surface area contributed by atoms with Crippen molar-refractivity contribution in [1.82, 2.24) is 20.2 Å². The molecule has 25 heavy (non-hydrogen) atoms. The number of urea groups is 1. The standard InChI is InChI=1S/C18H28N4O3/c1-24-16-17(20-11-10-19-16)25-15-9-6-12-22(13-15)18(23)21-14-7-4-2-3-5-8-14/h10-11,14-15H,2-9,12-13H2,1H3,(H,21,23). The predicted octanol–water partition coefficient (Wildman–Crippen LogP) is 2.76. The fourth-order valence-corrected chi connectivity index (χ4v) is 3.60. The number of likely N-dealkylation sites (tertiary alicyclic amines) is 1. The van der Waals surface area contributed by atoms with Crippen molar-refractivity contribution in [1.29, 1.82) is 0 Å². The molecule has 138 valence electrons. The number of carbonyl (C=O) groups is 1. The molecule has 1 aliphatic carbocycles. The minimum atomic E-state index is -0.0840. The number of carbonyl (C=O) groups excluding carboxylic acids is 1. The maximum Gasteiger partial charge on any atom is 0.317 e. The Balaban J connectivity index is 1.54. The number of amides is 2. The summed E-state index contributed by atoms with van der Waals surface area (Å²) >= 11 is 0. The van der Waals surface area contributed by atoms with Gasteiger partial charge in [-0.3, -0.25) is 0 Å². The Kier molecular flexibility index (Phi) is 6.30. The molecule has 0 spiro atoms. The summed E-state index contributed by atoms with van der Waals surface area (Å²) in [7, 11) is 1.55. The third-order valence-corrected chi connectivity index (χ3v) is 4.95. The van der Waals surface area contributed by atoms with E-state index in [0.29, 0.717) is 24.3 Å². The highest BCUT2D eigenvalue weighted by molar-refractivity contribution is 5.74. The van der Waals surface area contributed by atoms with Gasteiger partial charge in [0.25, 0.3) is 11.8 Å². The highest BCUT2D eigenvalue weighted by Gasteiger charge is 2.27. The number of piperidine rings is 1. The van der Waals surface area contributed by atoms with Crippen LogP contribution in [0, 0.1) is 0 Å². The van der Waals surface area contributed by atoms with Crippen LogP contribution in [0.1, 0.15) is 51.4 Å². The molecule has 0 bridgehead atoms. The quantitative estimate of drug-likeness (QED) is 0.847. The molecule has 1 saturated heterocycles. The van der Waals surface area contributed by atoms with Gasteiger partial charge in [-0.1, -0.05) is 25.7 Å². The third kappa shape index (κ3) is 4.96. The van der Waals surface area contributed by atoms with Gasteiger partial charge in [0.2, 0.25) is 0 Å². The van der Waals surface area contributed by atoms with Crippen LogP contribution in [-0.2, 0) is 0 Å². The van der Waals surface area contributed by atoms with Crippen LogP contribution in [0.25, 0.3) is 0 Å². The van der Waals surface area contributed by atoms with Gasteiger partial charge in [0.15, 0.2) is 0 Å². The second-order valence-electron chi connectivity index (χ2n) is 6.84. The Morgan fingerprint density at radius 2 is 1.80 bits per heavy atom. The van der Waals surface area contributed by atoms with Gasteiger partial charge < -0.3 is 19.7 Å². The minimum absolute atomic E-state index is 0.0336. The molecule has 2 amide bonds. The van der Waals surface area contributed by atoms with Crippen LogP contribution in [0.2, 0.25) is 0 Å². The van der Waals surface area contributed by atoms with E-state index in [2.05, 4.69) is 15.3 Å². The van der Waals surface area contributed by atoms with E-state index in [1.807, 2.05) is 4.90 Å². The van der Waals surface area contributed by atoms with Crippen LogP contribution in [0.4, 0.5) is 4.79 Å². The lowest BCUT2D eigenvalue weighted by atomic mass is 10.1. The molecular weight excluding hydrogens is 320 g/mol. The molecule has 1 atom stereocenters. The lowest BCUT2D eigenvalue weighted by Gasteiger charge is -2.33. The Bertz CT molecular complexity index is 561. The van der Waals surface area contributed by atoms with E-state index in [-0.39, 0.29) is 12.1 Å². The van der Waals surface area contributed by atoms with E-state index in [1.54, 1.807) is 19.5 Å². The van der Waals surface area contributed by atoms with Gasteiger partial charge in [-0.15, -0.1) is 0 Å². The molecule has 1 aromatic heterocycles. The van der Waals surface area contributed by atoms with Crippen molar-refractivity contribution in [3.05, 3.63) is 12.4 Å². The van der Waals surface area contributed by atoms with Gasteiger partial charge in [0, 0.05) is 25.0 Å². The average Bonchev–Trinajstić information content (AvgIpc) is 2.91. The maximum absolute atomic E-state index is 12.6. The van der Waals surface area contributed by atoms with E-state index in [4.69, 9.17) is 9.47 Å². The Morgan fingerprint density at radius 3 is 2.52 bits per heavy atom. The maximum atomic E-state index is 12.6. The third-order valence-electron chi connectivity index (χ3n) is 4.95. The molecule has 1 unspecified atom stereocenters. The number of nitrogens with one attached hydrogen (secondary N) is 1. The second kappa shape index (κ2) is 8.87. The summed E-state index contributed by atoms with van der Waals surface area (Å²) in [4.78, 5) is 22.8. The van der Waals surface area contributed by atoms with Crippen LogP contribution < -0.4 is 14.8 Å². The van der Waals surface area contributed by atoms with Crippen molar-refractivity contribution < 1.29 is 14.3 Å². The van der Waals surface area contributed by atoms with Crippen LogP contribution >= 0.6 is 0 Å². The zero-order chi connectivity index (χ0) is 17.5. The minimum Gasteiger partial charge on any atom is -0.477 e. The lowest BCUT2D eigenvalue weighted by Crippen LogP contribution is -2.50. The molecule has 1 saturated carbocycles. The molecule has 1 aromatic rings. The molecule has 2 heterocycles. The molecule has 0 aromatic carbocycles. The Morgan fingerprint density at radius 1 is 1.08 bits per heavy atom. The molecule has 1 aliphatic heterocycles. The molecule has 2 fully saturated rings. The van der Waals surface area contributed by atoms with E-state index in [0.717, 1.165) is 32.2 Å². The van der Waals surface area contributed by atoms with Crippen molar-refractivity contribution in [3.8, 4) is 11.8 Å². The van der Waals surface area contributed by atoms with Gasteiger partial charge in [-0.2, -0.15) is 0 Å². The molecule has 2 aliphatic rings.